The largest absolute Gasteiger partial charge is 0.453 e. The van der Waals surface area contributed by atoms with Gasteiger partial charge in [0.1, 0.15) is 0 Å². The van der Waals surface area contributed by atoms with Crippen LogP contribution >= 0.6 is 0 Å². The summed E-state index contributed by atoms with van der Waals surface area (Å²) in [6.45, 7) is 7.05. The highest BCUT2D eigenvalue weighted by atomic mass is 16.7. The van der Waals surface area contributed by atoms with Crippen molar-refractivity contribution in [3.8, 4) is 11.1 Å². The minimum absolute atomic E-state index is 0.0265. The third-order valence-electron chi connectivity index (χ3n) is 9.55. The average molecular weight is 709 g/mol. The van der Waals surface area contributed by atoms with E-state index in [0.29, 0.717) is 6.42 Å². The molecular formula is C40H44N4O8. The van der Waals surface area contributed by atoms with Crippen LogP contribution in [0.4, 0.5) is 11.4 Å². The number of hydrogen-bond acceptors (Lipinski definition) is 10. The minimum Gasteiger partial charge on any atom is -0.453 e. The third kappa shape index (κ3) is 9.20. The topological polar surface area (TPSA) is 144 Å². The second-order valence-electron chi connectivity index (χ2n) is 13.2. The van der Waals surface area contributed by atoms with Crippen LogP contribution in [0.3, 0.4) is 0 Å². The number of esters is 1. The lowest BCUT2D eigenvalue weighted by Gasteiger charge is -2.41. The zero-order chi connectivity index (χ0) is 36.6. The number of aliphatic hydroxyl groups excluding tert-OH is 1. The lowest BCUT2D eigenvalue weighted by Crippen LogP contribution is -2.49. The van der Waals surface area contributed by atoms with Crippen LogP contribution in [-0.2, 0) is 37.0 Å². The molecular weight excluding hydrogens is 664 g/mol. The van der Waals surface area contributed by atoms with Gasteiger partial charge < -0.3 is 29.5 Å². The molecule has 0 saturated carbocycles. The average Bonchev–Trinajstić information content (AvgIpc) is 3.17. The van der Waals surface area contributed by atoms with E-state index in [1.807, 2.05) is 84.9 Å². The van der Waals surface area contributed by atoms with Crippen LogP contribution in [0.25, 0.3) is 11.1 Å². The van der Waals surface area contributed by atoms with Crippen LogP contribution in [-0.4, -0.2) is 71.7 Å². The Kier molecular flexibility index (Phi) is 11.9. The molecule has 4 aromatic carbocycles. The van der Waals surface area contributed by atoms with Crippen LogP contribution in [0.1, 0.15) is 54.9 Å². The van der Waals surface area contributed by atoms with Gasteiger partial charge in [-0.25, -0.2) is 0 Å². The summed E-state index contributed by atoms with van der Waals surface area (Å²) in [5, 5.41) is 23.5. The Morgan fingerprint density at radius 1 is 0.923 bits per heavy atom. The first-order valence-electron chi connectivity index (χ1n) is 17.5. The predicted molar refractivity (Wildman–Crippen MR) is 195 cm³/mol. The fraction of sp³-hybridized carbons (Fsp3) is 0.350. The van der Waals surface area contributed by atoms with Crippen molar-refractivity contribution in [3.05, 3.63) is 129 Å². The van der Waals surface area contributed by atoms with Gasteiger partial charge in [-0.15, -0.1) is 0 Å². The Hall–Kier alpha value is -5.14. The maximum Gasteiger partial charge on any atom is 0.303 e. The molecule has 1 amide bonds. The number of anilines is 1. The van der Waals surface area contributed by atoms with E-state index in [1.165, 1.54) is 6.92 Å². The van der Waals surface area contributed by atoms with Crippen molar-refractivity contribution in [2.24, 2.45) is 0 Å². The van der Waals surface area contributed by atoms with Gasteiger partial charge in [-0.1, -0.05) is 72.8 Å². The molecule has 4 atom stereocenters. The Bertz CT molecular complexity index is 1830. The zero-order valence-electron chi connectivity index (χ0n) is 29.4. The summed E-state index contributed by atoms with van der Waals surface area (Å²) in [5.41, 5.74) is 6.66. The van der Waals surface area contributed by atoms with Crippen LogP contribution in [0.15, 0.2) is 97.1 Å². The molecule has 0 unspecified atom stereocenters. The molecule has 2 N–H and O–H groups in total. The molecule has 0 radical (unpaired) electrons. The number of non-ortho nitro benzene ring substituents is 1. The summed E-state index contributed by atoms with van der Waals surface area (Å²) in [7, 11) is 0. The van der Waals surface area contributed by atoms with Gasteiger partial charge in [0.05, 0.1) is 23.7 Å². The molecule has 2 saturated heterocycles. The lowest BCUT2D eigenvalue weighted by molar-refractivity contribution is -0.384. The summed E-state index contributed by atoms with van der Waals surface area (Å²) in [5.74, 6) is -0.876. The number of carbonyl (C=O) groups is 2. The van der Waals surface area contributed by atoms with Crippen LogP contribution in [0.5, 0.6) is 0 Å². The van der Waals surface area contributed by atoms with E-state index >= 15 is 0 Å². The van der Waals surface area contributed by atoms with E-state index in [4.69, 9.17) is 14.2 Å². The van der Waals surface area contributed by atoms with Gasteiger partial charge in [-0.2, -0.15) is 0 Å². The van der Waals surface area contributed by atoms with Gasteiger partial charge in [-0.05, 0) is 46.9 Å². The summed E-state index contributed by atoms with van der Waals surface area (Å²) >= 11 is 0. The number of benzene rings is 4. The lowest BCUT2D eigenvalue weighted by atomic mass is 9.97. The molecule has 2 aliphatic heterocycles. The van der Waals surface area contributed by atoms with Crippen LogP contribution < -0.4 is 10.2 Å². The molecule has 6 rings (SSSR count). The maximum atomic E-state index is 12.5. The summed E-state index contributed by atoms with van der Waals surface area (Å²) in [6.07, 6.45) is -1.13. The molecule has 2 aliphatic rings. The highest BCUT2D eigenvalue weighted by Gasteiger charge is 2.34. The summed E-state index contributed by atoms with van der Waals surface area (Å²) in [4.78, 5) is 39.1. The Labute approximate surface area is 303 Å². The van der Waals surface area contributed by atoms with E-state index in [0.717, 1.165) is 71.8 Å². The molecule has 0 aliphatic carbocycles. The van der Waals surface area contributed by atoms with E-state index in [1.54, 1.807) is 19.1 Å². The molecule has 12 heteroatoms. The van der Waals surface area contributed by atoms with E-state index in [2.05, 4.69) is 15.1 Å². The maximum absolute atomic E-state index is 12.5. The van der Waals surface area contributed by atoms with E-state index in [9.17, 15) is 24.8 Å². The molecule has 272 valence electrons. The van der Waals surface area contributed by atoms with Crippen molar-refractivity contribution in [1.29, 1.82) is 0 Å². The SMILES string of the molecule is CC(=O)O[C@@H](C)C(=O)NCc1ccccc1-c1ccc([C@H]2O[C@@H](CN3CCN(c4ccc([N+](=O)[O-])cc4)CC3)C[C@@H](c3ccc(CO)cc3)O2)cc1. The van der Waals surface area contributed by atoms with Gasteiger partial charge in [0, 0.05) is 76.0 Å². The van der Waals surface area contributed by atoms with E-state index < -0.39 is 18.4 Å². The number of nitro benzene ring substituents is 1. The van der Waals surface area contributed by atoms with Crippen molar-refractivity contribution >= 4 is 23.3 Å². The Balaban J connectivity index is 1.14. The second kappa shape index (κ2) is 16.9. The minimum atomic E-state index is -0.883. The number of nitro groups is 1. The van der Waals surface area contributed by atoms with Gasteiger partial charge in [0.25, 0.3) is 11.6 Å². The smallest absolute Gasteiger partial charge is 0.303 e. The van der Waals surface area contributed by atoms with E-state index in [-0.39, 0.29) is 41.9 Å². The molecule has 4 aromatic rings. The fourth-order valence-electron chi connectivity index (χ4n) is 6.70. The predicted octanol–water partition coefficient (Wildman–Crippen LogP) is 5.69. The van der Waals surface area contributed by atoms with Crippen molar-refractivity contribution in [3.63, 3.8) is 0 Å². The van der Waals surface area contributed by atoms with Crippen LogP contribution in [0.2, 0.25) is 0 Å². The molecule has 12 nitrogen and oxygen atoms in total. The highest BCUT2D eigenvalue weighted by molar-refractivity contribution is 5.83. The molecule has 0 spiro atoms. The quantitative estimate of drug-likeness (QED) is 0.107. The first-order chi connectivity index (χ1) is 25.2. The number of aliphatic hydroxyl groups is 1. The number of amides is 1. The molecule has 2 heterocycles. The highest BCUT2D eigenvalue weighted by Crippen LogP contribution is 2.39. The molecule has 52 heavy (non-hydrogen) atoms. The van der Waals surface area contributed by atoms with Gasteiger partial charge in [0.15, 0.2) is 12.4 Å². The zero-order valence-corrected chi connectivity index (χ0v) is 29.4. The monoisotopic (exact) mass is 708 g/mol. The summed E-state index contributed by atoms with van der Waals surface area (Å²) in [6, 6.07) is 30.5. The fourth-order valence-corrected chi connectivity index (χ4v) is 6.70. The number of hydrogen-bond donors (Lipinski definition) is 2. The van der Waals surface area contributed by atoms with Gasteiger partial charge >= 0.3 is 5.97 Å². The Morgan fingerprint density at radius 3 is 2.25 bits per heavy atom. The van der Waals surface area contributed by atoms with Gasteiger partial charge in [-0.3, -0.25) is 24.6 Å². The van der Waals surface area contributed by atoms with Crippen molar-refractivity contribution in [2.45, 2.75) is 58.0 Å². The summed E-state index contributed by atoms with van der Waals surface area (Å²) < 4.78 is 18.2. The number of carbonyl (C=O) groups excluding carboxylic acids is 2. The first kappa shape index (κ1) is 36.6. The van der Waals surface area contributed by atoms with Gasteiger partial charge in [0.2, 0.25) is 0 Å². The van der Waals surface area contributed by atoms with Crippen molar-refractivity contribution in [2.75, 3.05) is 37.6 Å². The first-order valence-corrected chi connectivity index (χ1v) is 17.5. The Morgan fingerprint density at radius 2 is 1.60 bits per heavy atom. The number of ether oxygens (including phenoxy) is 3. The number of nitrogens with one attached hydrogen (secondary N) is 1. The number of piperazine rings is 1. The number of nitrogens with zero attached hydrogens (tertiary/aromatic N) is 3. The molecule has 0 aromatic heterocycles. The third-order valence-corrected chi connectivity index (χ3v) is 9.55. The molecule has 0 bridgehead atoms. The normalized spacial score (nSPS) is 19.8. The number of rotatable bonds is 12. The van der Waals surface area contributed by atoms with Crippen LogP contribution in [0, 0.1) is 10.1 Å². The standard InChI is InChI=1S/C40H44N4O8/c1-27(50-28(2)46)39(47)41-24-33-5-3-4-6-37(33)30-11-13-32(14-12-30)40-51-36(23-38(52-40)31-9-7-29(26-45)8-10-31)25-42-19-21-43(22-20-42)34-15-17-35(18-16-34)44(48)49/h3-18,27,36,38,40,45H,19-26H2,1-2H3,(H,41,47)/t27-,36+,38-,40-/m0/s1. The van der Waals surface area contributed by atoms with Crippen molar-refractivity contribution < 1.29 is 33.8 Å². The second-order valence-corrected chi connectivity index (χ2v) is 13.2. The van der Waals surface area contributed by atoms with Crippen molar-refractivity contribution in [1.82, 2.24) is 10.2 Å². The molecule has 2 fully saturated rings.